The molecule has 0 N–H and O–H groups in total. The Kier molecular flexibility index (Phi) is 4.73. The fourth-order valence-corrected chi connectivity index (χ4v) is 4.79. The topological polar surface area (TPSA) is 46.6 Å². The van der Waals surface area contributed by atoms with Gasteiger partial charge in [-0.2, -0.15) is 0 Å². The molecule has 0 aliphatic heterocycles. The number of halogens is 1. The number of sulfonamides is 1. The van der Waals surface area contributed by atoms with E-state index >= 15 is 0 Å². The Morgan fingerprint density at radius 2 is 1.80 bits per heavy atom. The number of benzene rings is 2. The first-order valence-electron chi connectivity index (χ1n) is 8.29. The van der Waals surface area contributed by atoms with Gasteiger partial charge in [0.1, 0.15) is 11.6 Å². The number of methoxy groups -OCH3 is 1. The predicted molar refractivity (Wildman–Crippen MR) is 96.0 cm³/mol. The fourth-order valence-electron chi connectivity index (χ4n) is 2.98. The second-order valence-electron chi connectivity index (χ2n) is 6.49. The Morgan fingerprint density at radius 3 is 2.32 bits per heavy atom. The van der Waals surface area contributed by atoms with Crippen LogP contribution in [0.1, 0.15) is 25.3 Å². The fraction of sp³-hybridized carbons (Fsp3) is 0.368. The summed E-state index contributed by atoms with van der Waals surface area (Å²) in [6, 6.07) is 10.7. The van der Waals surface area contributed by atoms with Gasteiger partial charge < -0.3 is 4.74 Å². The third-order valence-electron chi connectivity index (χ3n) is 4.69. The molecule has 1 aliphatic carbocycles. The molecule has 0 amide bonds. The molecule has 1 saturated carbocycles. The van der Waals surface area contributed by atoms with Crippen LogP contribution in [0.2, 0.25) is 0 Å². The molecule has 2 aromatic rings. The molecule has 0 heterocycles. The number of hydrogen-bond donors (Lipinski definition) is 0. The zero-order valence-corrected chi connectivity index (χ0v) is 15.4. The molecule has 0 bridgehead atoms. The quantitative estimate of drug-likeness (QED) is 0.775. The van der Waals surface area contributed by atoms with E-state index in [-0.39, 0.29) is 10.9 Å². The molecule has 6 heteroatoms. The van der Waals surface area contributed by atoms with E-state index in [1.54, 1.807) is 38.3 Å². The Balaban J connectivity index is 2.07. The lowest BCUT2D eigenvalue weighted by Crippen LogP contribution is -2.40. The second kappa shape index (κ2) is 6.67. The van der Waals surface area contributed by atoms with E-state index in [9.17, 15) is 12.8 Å². The normalized spacial score (nSPS) is 15.7. The first-order valence-corrected chi connectivity index (χ1v) is 9.73. The number of rotatable bonds is 6. The maximum absolute atomic E-state index is 13.6. The molecular formula is C19H22FNO3S. The van der Waals surface area contributed by atoms with Crippen molar-refractivity contribution in [1.29, 1.82) is 0 Å². The van der Waals surface area contributed by atoms with Crippen molar-refractivity contribution >= 4 is 15.7 Å². The number of nitrogens with zero attached hydrogens (tertiary/aromatic N) is 1. The van der Waals surface area contributed by atoms with Gasteiger partial charge in [-0.25, -0.2) is 12.8 Å². The van der Waals surface area contributed by atoms with Crippen molar-refractivity contribution in [2.75, 3.05) is 11.4 Å². The minimum Gasteiger partial charge on any atom is -0.497 e. The van der Waals surface area contributed by atoms with Crippen molar-refractivity contribution in [1.82, 2.24) is 0 Å². The summed E-state index contributed by atoms with van der Waals surface area (Å²) in [7, 11) is -2.22. The summed E-state index contributed by atoms with van der Waals surface area (Å²) in [5.74, 6) is 0.599. The van der Waals surface area contributed by atoms with Crippen LogP contribution in [-0.2, 0) is 10.0 Å². The van der Waals surface area contributed by atoms with Crippen molar-refractivity contribution in [3.8, 4) is 5.75 Å². The molecule has 0 radical (unpaired) electrons. The smallest absolute Gasteiger partial charge is 0.264 e. The van der Waals surface area contributed by atoms with Gasteiger partial charge in [-0.3, -0.25) is 4.31 Å². The van der Waals surface area contributed by atoms with Crippen LogP contribution < -0.4 is 9.04 Å². The Hall–Kier alpha value is -2.08. The Bertz CT molecular complexity index is 861. The first kappa shape index (κ1) is 17.7. The van der Waals surface area contributed by atoms with E-state index in [0.717, 1.165) is 12.8 Å². The molecule has 3 rings (SSSR count). The van der Waals surface area contributed by atoms with E-state index in [1.165, 1.54) is 22.5 Å². The van der Waals surface area contributed by atoms with Crippen LogP contribution in [0.5, 0.6) is 5.75 Å². The average molecular weight is 363 g/mol. The lowest BCUT2D eigenvalue weighted by Gasteiger charge is -2.31. The molecule has 134 valence electrons. The van der Waals surface area contributed by atoms with Crippen LogP contribution in [0.15, 0.2) is 47.4 Å². The summed E-state index contributed by atoms with van der Waals surface area (Å²) in [6.45, 7) is 3.49. The molecule has 4 nitrogen and oxygen atoms in total. The third-order valence-corrected chi connectivity index (χ3v) is 6.60. The van der Waals surface area contributed by atoms with Crippen LogP contribution >= 0.6 is 0 Å². The molecule has 25 heavy (non-hydrogen) atoms. The van der Waals surface area contributed by atoms with Gasteiger partial charge in [0.05, 0.1) is 17.7 Å². The third kappa shape index (κ3) is 3.49. The zero-order chi connectivity index (χ0) is 18.2. The van der Waals surface area contributed by atoms with E-state index in [1.807, 2.05) is 6.92 Å². The van der Waals surface area contributed by atoms with Crippen LogP contribution in [-0.4, -0.2) is 21.6 Å². The van der Waals surface area contributed by atoms with Gasteiger partial charge in [0, 0.05) is 6.04 Å². The highest BCUT2D eigenvalue weighted by Gasteiger charge is 2.38. The van der Waals surface area contributed by atoms with E-state index in [0.29, 0.717) is 22.9 Å². The SMILES string of the molecule is COc1ccc(N(C(C)C2CC2)S(=O)(=O)c2ccc(F)c(C)c2)cc1. The van der Waals surface area contributed by atoms with Gasteiger partial charge in [0.15, 0.2) is 0 Å². The van der Waals surface area contributed by atoms with Crippen LogP contribution in [0.25, 0.3) is 0 Å². The van der Waals surface area contributed by atoms with E-state index in [4.69, 9.17) is 4.74 Å². The predicted octanol–water partition coefficient (Wildman–Crippen LogP) is 4.14. The molecule has 0 aromatic heterocycles. The van der Waals surface area contributed by atoms with Crippen molar-refractivity contribution in [3.05, 3.63) is 53.8 Å². The summed E-state index contributed by atoms with van der Waals surface area (Å²) >= 11 is 0. The number of ether oxygens (including phenoxy) is 1. The highest BCUT2D eigenvalue weighted by molar-refractivity contribution is 7.92. The van der Waals surface area contributed by atoms with Gasteiger partial charge in [-0.15, -0.1) is 0 Å². The zero-order valence-electron chi connectivity index (χ0n) is 14.6. The second-order valence-corrected chi connectivity index (χ2v) is 8.30. The molecule has 1 unspecified atom stereocenters. The van der Waals surface area contributed by atoms with Gasteiger partial charge in [-0.05, 0) is 80.6 Å². The Labute approximate surface area is 148 Å². The minimum absolute atomic E-state index is 0.106. The van der Waals surface area contributed by atoms with Crippen molar-refractivity contribution < 1.29 is 17.5 Å². The van der Waals surface area contributed by atoms with Gasteiger partial charge in [-0.1, -0.05) is 0 Å². The minimum atomic E-state index is -3.79. The number of anilines is 1. The van der Waals surface area contributed by atoms with Crippen molar-refractivity contribution in [3.63, 3.8) is 0 Å². The highest BCUT2D eigenvalue weighted by Crippen LogP contribution is 2.39. The molecule has 1 atom stereocenters. The number of aryl methyl sites for hydroxylation is 1. The summed E-state index contributed by atoms with van der Waals surface area (Å²) in [5, 5.41) is 0. The van der Waals surface area contributed by atoms with Crippen LogP contribution in [0.3, 0.4) is 0 Å². The summed E-state index contributed by atoms with van der Waals surface area (Å²) < 4.78 is 46.8. The molecule has 0 spiro atoms. The first-order chi connectivity index (χ1) is 11.8. The molecular weight excluding hydrogens is 341 g/mol. The maximum Gasteiger partial charge on any atom is 0.264 e. The lowest BCUT2D eigenvalue weighted by molar-refractivity contribution is 0.415. The monoisotopic (exact) mass is 363 g/mol. The van der Waals surface area contributed by atoms with Gasteiger partial charge in [0.2, 0.25) is 0 Å². The Morgan fingerprint density at radius 1 is 1.16 bits per heavy atom. The van der Waals surface area contributed by atoms with Gasteiger partial charge in [0.25, 0.3) is 10.0 Å². The average Bonchev–Trinajstić information content (AvgIpc) is 3.43. The largest absolute Gasteiger partial charge is 0.497 e. The summed E-state index contributed by atoms with van der Waals surface area (Å²) in [5.41, 5.74) is 0.900. The molecule has 0 saturated heterocycles. The van der Waals surface area contributed by atoms with Crippen molar-refractivity contribution in [2.24, 2.45) is 5.92 Å². The molecule has 1 fully saturated rings. The van der Waals surface area contributed by atoms with Gasteiger partial charge >= 0.3 is 0 Å². The van der Waals surface area contributed by atoms with Crippen LogP contribution in [0.4, 0.5) is 10.1 Å². The number of hydrogen-bond acceptors (Lipinski definition) is 3. The van der Waals surface area contributed by atoms with Crippen LogP contribution in [0, 0.1) is 18.7 Å². The summed E-state index contributed by atoms with van der Waals surface area (Å²) in [4.78, 5) is 0.106. The molecule has 2 aromatic carbocycles. The van der Waals surface area contributed by atoms with E-state index < -0.39 is 15.8 Å². The highest BCUT2D eigenvalue weighted by atomic mass is 32.2. The summed E-state index contributed by atoms with van der Waals surface area (Å²) in [6.07, 6.45) is 2.04. The lowest BCUT2D eigenvalue weighted by atomic mass is 10.2. The molecule has 1 aliphatic rings. The standard InChI is InChI=1S/C19H22FNO3S/c1-13-12-18(10-11-19(13)20)25(22,23)21(14(2)15-4-5-15)16-6-8-17(24-3)9-7-16/h6-12,14-15H,4-5H2,1-3H3. The van der Waals surface area contributed by atoms with Crippen molar-refractivity contribution in [2.45, 2.75) is 37.6 Å². The maximum atomic E-state index is 13.6. The van der Waals surface area contributed by atoms with E-state index in [2.05, 4.69) is 0 Å².